The summed E-state index contributed by atoms with van der Waals surface area (Å²) in [5.41, 5.74) is 5.87. The van der Waals surface area contributed by atoms with Gasteiger partial charge in [0.2, 0.25) is 34.9 Å². The number of hydrogen-bond acceptors (Lipinski definition) is 12. The van der Waals surface area contributed by atoms with Gasteiger partial charge in [-0.1, -0.05) is 133 Å². The van der Waals surface area contributed by atoms with Crippen LogP contribution in [0.3, 0.4) is 0 Å². The lowest BCUT2D eigenvalue weighted by Gasteiger charge is -2.22. The van der Waals surface area contributed by atoms with E-state index < -0.39 is 142 Å². The maximum absolute atomic E-state index is 14.5. The van der Waals surface area contributed by atoms with Crippen LogP contribution in [0.15, 0.2) is 207 Å². The van der Waals surface area contributed by atoms with E-state index >= 15 is 0 Å². The molecule has 0 N–H and O–H groups in total. The highest BCUT2D eigenvalue weighted by molar-refractivity contribution is 5.94. The lowest BCUT2D eigenvalue weighted by Crippen LogP contribution is -2.39. The van der Waals surface area contributed by atoms with Gasteiger partial charge in [-0.3, -0.25) is 15.0 Å². The molecule has 0 atom stereocenters. The van der Waals surface area contributed by atoms with Crippen LogP contribution in [-0.2, 0) is 35.5 Å². The zero-order chi connectivity index (χ0) is 87.3. The predicted octanol–water partition coefficient (Wildman–Crippen LogP) is 24.3. The van der Waals surface area contributed by atoms with Crippen LogP contribution in [0.4, 0.5) is 132 Å². The fourth-order valence-corrected chi connectivity index (χ4v) is 12.0. The maximum Gasteiger partial charge on any atom is 0.461 e. The summed E-state index contributed by atoms with van der Waals surface area (Å²) in [6.45, 7) is 0. The molecule has 0 spiro atoms. The number of hydrogen-bond donors (Lipinski definition) is 0. The lowest BCUT2D eigenvalue weighted by molar-refractivity contribution is -0.297. The second-order valence-corrected chi connectivity index (χ2v) is 26.1. The Morgan fingerprint density at radius 2 is 0.400 bits per heavy atom. The van der Waals surface area contributed by atoms with Crippen LogP contribution in [0.2, 0.25) is 0 Å². The molecule has 0 saturated heterocycles. The molecule has 1 aliphatic carbocycles. The van der Waals surface area contributed by atoms with Crippen LogP contribution in [-0.4, -0.2) is 96.9 Å². The molecular weight excluding hydrogens is 1670 g/mol. The topological polar surface area (TPSA) is 155 Å². The molecule has 0 radical (unpaired) electrons. The number of pyridine rings is 3. The van der Waals surface area contributed by atoms with Gasteiger partial charge in [-0.25, -0.2) is 44.9 Å². The van der Waals surface area contributed by atoms with Crippen molar-refractivity contribution in [1.29, 1.82) is 0 Å². The number of aromatic nitrogens is 12. The third-order valence-corrected chi connectivity index (χ3v) is 18.2. The zero-order valence-electron chi connectivity index (χ0n) is 58.7. The summed E-state index contributed by atoms with van der Waals surface area (Å²) in [4.78, 5) is 36.5. The monoisotopic (exact) mass is 1710 g/mol. The van der Waals surface area contributed by atoms with E-state index in [4.69, 9.17) is 0 Å². The third-order valence-electron chi connectivity index (χ3n) is 18.2. The average molecular weight is 1710 g/mol. The van der Waals surface area contributed by atoms with Crippen molar-refractivity contribution < 1.29 is 132 Å². The summed E-state index contributed by atoms with van der Waals surface area (Å²) in [5.74, 6) is -57.9. The van der Waals surface area contributed by atoms with Gasteiger partial charge >= 0.3 is 72.6 Å². The lowest BCUT2D eigenvalue weighted by atomic mass is 9.84. The van der Waals surface area contributed by atoms with Gasteiger partial charge in [-0.15, -0.1) is 0 Å². The minimum Gasteiger partial charge on any atom is -0.256 e. The summed E-state index contributed by atoms with van der Waals surface area (Å²) in [6.07, 6.45) is -33.6. The van der Waals surface area contributed by atoms with Crippen LogP contribution >= 0.6 is 0 Å². The predicted molar refractivity (Wildman–Crippen MR) is 366 cm³/mol. The number of halogens is 30. The van der Waals surface area contributed by atoms with Gasteiger partial charge < -0.3 is 0 Å². The first-order chi connectivity index (χ1) is 55.8. The van der Waals surface area contributed by atoms with Crippen molar-refractivity contribution in [2.24, 2.45) is 0 Å². The molecular formula is C78H38F30N12. The van der Waals surface area contributed by atoms with E-state index in [0.29, 0.717) is 84.7 Å². The van der Waals surface area contributed by atoms with Gasteiger partial charge in [-0.2, -0.15) is 132 Å². The van der Waals surface area contributed by atoms with Crippen molar-refractivity contribution in [2.45, 2.75) is 85.4 Å². The highest BCUT2D eigenvalue weighted by Gasteiger charge is 2.68. The van der Waals surface area contributed by atoms with E-state index in [1.807, 2.05) is 18.2 Å². The van der Waals surface area contributed by atoms with Crippen LogP contribution in [0.1, 0.15) is 59.0 Å². The molecule has 0 bridgehead atoms. The highest BCUT2D eigenvalue weighted by atomic mass is 19.5. The Morgan fingerprint density at radius 3 is 0.633 bits per heavy atom. The molecule has 0 aliphatic heterocycles. The molecule has 1 aliphatic rings. The molecule has 620 valence electrons. The zero-order valence-corrected chi connectivity index (χ0v) is 58.7. The van der Waals surface area contributed by atoms with Crippen molar-refractivity contribution in [3.63, 3.8) is 0 Å². The quantitative estimate of drug-likeness (QED) is 0.0751. The number of allylic oxidation sites excluding steroid dienone is 4. The van der Waals surface area contributed by atoms with Crippen molar-refractivity contribution >= 4 is 11.1 Å². The summed E-state index contributed by atoms with van der Waals surface area (Å²) in [5, 5.41) is 0. The van der Waals surface area contributed by atoms with Crippen LogP contribution in [0.25, 0.3) is 123 Å². The van der Waals surface area contributed by atoms with E-state index in [-0.39, 0.29) is 41.1 Å². The molecule has 0 fully saturated rings. The minimum atomic E-state index is -6.57. The Balaban J connectivity index is 0.864. The molecule has 13 rings (SSSR count). The van der Waals surface area contributed by atoms with Gasteiger partial charge in [-0.05, 0) is 140 Å². The van der Waals surface area contributed by atoms with E-state index in [1.54, 1.807) is 109 Å². The van der Waals surface area contributed by atoms with Crippen LogP contribution in [0.5, 0.6) is 0 Å². The second kappa shape index (κ2) is 30.2. The van der Waals surface area contributed by atoms with Crippen LogP contribution < -0.4 is 0 Å². The van der Waals surface area contributed by atoms with E-state index in [2.05, 4.69) is 59.8 Å². The highest BCUT2D eigenvalue weighted by Crippen LogP contribution is 2.52. The molecule has 6 aromatic heterocycles. The molecule has 12 aromatic rings. The summed E-state index contributed by atoms with van der Waals surface area (Å²) >= 11 is 0. The number of nitrogens with zero attached hydrogens (tertiary/aromatic N) is 12. The average Bonchev–Trinajstić information content (AvgIpc) is 0.739. The normalized spacial score (nSPS) is 13.9. The van der Waals surface area contributed by atoms with Crippen molar-refractivity contribution in [1.82, 2.24) is 59.8 Å². The summed E-state index contributed by atoms with van der Waals surface area (Å²) in [7, 11) is 0. The smallest absolute Gasteiger partial charge is 0.256 e. The Kier molecular flexibility index (Phi) is 21.4. The number of benzene rings is 6. The van der Waals surface area contributed by atoms with Crippen LogP contribution in [0, 0.1) is 0 Å². The summed E-state index contributed by atoms with van der Waals surface area (Å²) in [6, 6.07) is 45.0. The van der Waals surface area contributed by atoms with Gasteiger partial charge in [0.1, 0.15) is 0 Å². The molecule has 6 aromatic carbocycles. The minimum absolute atomic E-state index is 0.0221. The largest absolute Gasteiger partial charge is 0.461 e. The van der Waals surface area contributed by atoms with Gasteiger partial charge in [0.05, 0.1) is 17.1 Å². The van der Waals surface area contributed by atoms with Crippen molar-refractivity contribution in [3.05, 3.63) is 253 Å². The van der Waals surface area contributed by atoms with E-state index in [1.165, 1.54) is 24.3 Å². The Labute approximate surface area is 651 Å². The van der Waals surface area contributed by atoms with Gasteiger partial charge in [0, 0.05) is 46.4 Å². The third kappa shape index (κ3) is 16.1. The van der Waals surface area contributed by atoms with Gasteiger partial charge in [0.25, 0.3) is 0 Å². The second-order valence-electron chi connectivity index (χ2n) is 26.1. The Morgan fingerprint density at radius 1 is 0.192 bits per heavy atom. The standard InChI is InChI=1S/C78H38F30N12/c79-67(80,73(91,92)93)61-112-58(113-62(118-61)68(81,82)74(94,95)96)43-25-28-55(109-34-43)40-19-13-37(14-20-40)49-7-1-4-10-52(49)46-31-47(53-11-5-2-8-50(53)38-15-21-41(22-16-38)56-29-26-44(35-110-56)59-114-63(69(83,84)75(97,98)99)119-64(115-59)70(85,86)76(100,101)102)33-48(32-46)54-12-6-3-9-51(54)39-17-23-42(24-18-39)57-30-27-45(36-111-57)60-116-65(71(87,88)77(103,104)105)120-66(117-60)72(89,90)78(106,107)108/h1-17,19-23,25-36H,18,24H2. The molecule has 0 unspecified atom stereocenters. The molecule has 12 nitrogen and oxygen atoms in total. The summed E-state index contributed by atoms with van der Waals surface area (Å²) < 4.78 is 416. The number of rotatable bonds is 18. The van der Waals surface area contributed by atoms with E-state index in [0.717, 1.165) is 42.6 Å². The van der Waals surface area contributed by atoms with E-state index in [9.17, 15) is 132 Å². The fraction of sp³-hybridized carbons (Fsp3) is 0.179. The first-order valence-electron chi connectivity index (χ1n) is 33.7. The molecule has 120 heavy (non-hydrogen) atoms. The molecule has 42 heteroatoms. The van der Waals surface area contributed by atoms with Crippen molar-refractivity contribution in [2.75, 3.05) is 0 Å². The first-order valence-corrected chi connectivity index (χ1v) is 33.7. The SMILES string of the molecule is FC(F)(F)C(F)(F)c1nc(-c2ccc(C3=CC=C(c4ccccc4-c4cc(-c5ccccc5-c5ccc(-c6ccc(-c7nc(C(F)(F)C(F)(F)F)nc(C(F)(F)C(F)(F)F)n7)cn6)cc5)cc(-c5ccccc5-c5ccc(-c6ccc(-c7nc(C(F)(F)C(F)(F)F)nc(C(F)(F)C(F)(F)F)n7)cn6)cc5)c4)CC3)nc2)nc(C(F)(F)C(F)(F)F)n1. The van der Waals surface area contributed by atoms with Crippen molar-refractivity contribution in [3.8, 4) is 112 Å². The molecule has 0 saturated carbocycles. The molecule has 0 amide bonds. The first kappa shape index (κ1) is 85.1. The fourth-order valence-electron chi connectivity index (χ4n) is 12.0. The maximum atomic E-state index is 14.5. The number of alkyl halides is 30. The Hall–Kier alpha value is -12.8. The van der Waals surface area contributed by atoms with Gasteiger partial charge in [0.15, 0.2) is 17.5 Å². The molecule has 6 heterocycles. The Bertz CT molecular complexity index is 5560.